The van der Waals surface area contributed by atoms with Crippen molar-refractivity contribution in [3.05, 3.63) is 5.92 Å². The van der Waals surface area contributed by atoms with Gasteiger partial charge in [0.15, 0.2) is 0 Å². The van der Waals surface area contributed by atoms with Crippen molar-refractivity contribution in [2.45, 2.75) is 54.6 Å². The van der Waals surface area contributed by atoms with Crippen molar-refractivity contribution in [1.82, 2.24) is 0 Å². The van der Waals surface area contributed by atoms with Crippen molar-refractivity contribution in [1.29, 1.82) is 0 Å². The van der Waals surface area contributed by atoms with Gasteiger partial charge >= 0.3 is 54.6 Å². The summed E-state index contributed by atoms with van der Waals surface area (Å²) in [6.45, 7) is 0. The topological polar surface area (TPSA) is 0 Å². The molecule has 0 nitrogen and oxygen atoms in total. The van der Waals surface area contributed by atoms with Gasteiger partial charge in [-0.2, -0.15) is 92.2 Å². The average Bonchev–Trinajstić information content (AvgIpc) is 2.41. The number of rotatable bonds is 3. The fraction of sp³-hybridized carbons (Fsp3) is 0.909. The highest BCUT2D eigenvalue weighted by Gasteiger charge is 3.01. The molecule has 23 heteroatoms. The van der Waals surface area contributed by atoms with E-state index in [9.17, 15) is 101 Å². The molecule has 0 fully saturated rings. The fourth-order valence-corrected chi connectivity index (χ4v) is 2.55. The molecule has 0 aromatic carbocycles. The highest BCUT2D eigenvalue weighted by Crippen LogP contribution is 2.76. The van der Waals surface area contributed by atoms with Crippen molar-refractivity contribution >= 4 is 0 Å². The molecule has 0 aromatic heterocycles. The maximum atomic E-state index is 14.1. The third-order valence-electron chi connectivity index (χ3n) is 3.90. The van der Waals surface area contributed by atoms with Gasteiger partial charge in [-0.25, -0.2) is 8.78 Å². The Morgan fingerprint density at radius 3 is 0.471 bits per heavy atom. The molecular weight excluding hydrogens is 569 g/mol. The Labute approximate surface area is 168 Å². The van der Waals surface area contributed by atoms with Crippen molar-refractivity contribution in [3.8, 4) is 0 Å². The van der Waals surface area contributed by atoms with Crippen LogP contribution in [0.4, 0.5) is 101 Å². The third kappa shape index (κ3) is 4.16. The minimum atomic E-state index is -9.69. The van der Waals surface area contributed by atoms with Crippen LogP contribution in [0.1, 0.15) is 0 Å². The van der Waals surface area contributed by atoms with Crippen molar-refractivity contribution in [3.63, 3.8) is 0 Å². The van der Waals surface area contributed by atoms with E-state index in [1.54, 1.807) is 0 Å². The Morgan fingerprint density at radius 1 is 0.235 bits per heavy atom. The first-order chi connectivity index (χ1) is 14.1. The molecule has 0 rings (SSSR count). The lowest BCUT2D eigenvalue weighted by atomic mass is 9.58. The molecule has 0 N–H and O–H groups in total. The number of alkyl halides is 23. The molecule has 0 unspecified atom stereocenters. The summed E-state index contributed by atoms with van der Waals surface area (Å²) >= 11 is 0. The van der Waals surface area contributed by atoms with Gasteiger partial charge in [-0.3, -0.25) is 0 Å². The molecule has 0 spiro atoms. The van der Waals surface area contributed by atoms with E-state index in [-0.39, 0.29) is 0 Å². The molecule has 0 atom stereocenters. The second-order valence-corrected chi connectivity index (χ2v) is 5.93. The molecule has 0 aromatic rings. The minimum Gasteiger partial charge on any atom is -0.223 e. The predicted octanol–water partition coefficient (Wildman–Crippen LogP) is 7.90. The van der Waals surface area contributed by atoms with Gasteiger partial charge in [0.05, 0.1) is 0 Å². The summed E-state index contributed by atoms with van der Waals surface area (Å²) in [6, 6.07) is 0. The van der Waals surface area contributed by atoms with Crippen molar-refractivity contribution in [2.24, 2.45) is 5.41 Å². The molecule has 0 heterocycles. The molecule has 0 bridgehead atoms. The van der Waals surface area contributed by atoms with E-state index in [2.05, 4.69) is 0 Å². The smallest absolute Gasteiger partial charge is 0.223 e. The van der Waals surface area contributed by atoms with Gasteiger partial charge in [-0.05, 0) is 0 Å². The normalized spacial score (nSPS) is 16.9. The summed E-state index contributed by atoms with van der Waals surface area (Å²) < 4.78 is 298. The second kappa shape index (κ2) is 7.69. The highest BCUT2D eigenvalue weighted by molar-refractivity contribution is 5.40. The zero-order valence-corrected chi connectivity index (χ0v) is 14.2. The maximum absolute atomic E-state index is 14.1. The van der Waals surface area contributed by atoms with Gasteiger partial charge in [-0.15, -0.1) is 0 Å². The lowest BCUT2D eigenvalue weighted by Gasteiger charge is -2.52. The van der Waals surface area contributed by atoms with E-state index < -0.39 is 65.9 Å². The van der Waals surface area contributed by atoms with E-state index >= 15 is 0 Å². The van der Waals surface area contributed by atoms with E-state index in [4.69, 9.17) is 0 Å². The van der Waals surface area contributed by atoms with Crippen LogP contribution < -0.4 is 0 Å². The molecule has 0 saturated heterocycles. The number of hydrogen-bond acceptors (Lipinski definition) is 0. The van der Waals surface area contributed by atoms with Gasteiger partial charge in [0.1, 0.15) is 5.92 Å². The largest absolute Gasteiger partial charge is 0.432 e. The number of halogens is 23. The van der Waals surface area contributed by atoms with E-state index in [1.165, 1.54) is 0 Å². The second-order valence-electron chi connectivity index (χ2n) is 5.93. The third-order valence-corrected chi connectivity index (χ3v) is 3.90. The summed E-state index contributed by atoms with van der Waals surface area (Å²) in [5.74, 6) is -7.42. The van der Waals surface area contributed by atoms with Crippen molar-refractivity contribution < 1.29 is 101 Å². The molecule has 1 radical (unpaired) electrons. The summed E-state index contributed by atoms with van der Waals surface area (Å²) in [5, 5.41) is 0. The Morgan fingerprint density at radius 2 is 0.382 bits per heavy atom. The lowest BCUT2D eigenvalue weighted by Crippen LogP contribution is -2.79. The summed E-state index contributed by atoms with van der Waals surface area (Å²) in [5.41, 5.74) is -28.7. The van der Waals surface area contributed by atoms with Crippen LogP contribution in [-0.4, -0.2) is 54.6 Å². The SMILES string of the molecule is FC(F)(F)C(F)([C](C(F)(C(F)(F)F)C(F)(F)F)C(C(F)(F)F)(C(F)(F)F)C(F)(F)F)C(F)(F)F. The Kier molecular flexibility index (Phi) is 7.33. The lowest BCUT2D eigenvalue weighted by molar-refractivity contribution is -0.462. The van der Waals surface area contributed by atoms with Gasteiger partial charge in [0.2, 0.25) is 0 Å². The molecule has 0 aliphatic rings. The van der Waals surface area contributed by atoms with Crippen LogP contribution in [0.3, 0.4) is 0 Å². The summed E-state index contributed by atoms with van der Waals surface area (Å²) in [7, 11) is 0. The molecule has 0 aliphatic heterocycles. The van der Waals surface area contributed by atoms with Crippen LogP contribution in [0.25, 0.3) is 0 Å². The molecule has 0 saturated carbocycles. The first kappa shape index (κ1) is 32.4. The summed E-state index contributed by atoms with van der Waals surface area (Å²) in [4.78, 5) is 0. The van der Waals surface area contributed by atoms with Crippen LogP contribution in [0.15, 0.2) is 0 Å². The summed E-state index contributed by atoms with van der Waals surface area (Å²) in [6.07, 6.45) is -63.4. The molecule has 205 valence electrons. The quantitative estimate of drug-likeness (QED) is 0.304. The van der Waals surface area contributed by atoms with Gasteiger partial charge in [0, 0.05) is 0 Å². The highest BCUT2D eigenvalue weighted by atomic mass is 19.5. The zero-order valence-electron chi connectivity index (χ0n) is 14.2. The maximum Gasteiger partial charge on any atom is 0.432 e. The first-order valence-electron chi connectivity index (χ1n) is 6.85. The Balaban J connectivity index is 8.91. The number of hydrogen-bond donors (Lipinski definition) is 0. The van der Waals surface area contributed by atoms with Crippen molar-refractivity contribution in [2.75, 3.05) is 0 Å². The Bertz CT molecular complexity index is 609. The van der Waals surface area contributed by atoms with Gasteiger partial charge < -0.3 is 0 Å². The standard InChI is InChI=1S/C11F23/c12-3(8(23,24)25,9(26,27)28)1(4(13,10(29,30)31)11(32,33)34)2(5(14,15)16,6(17,18)19)7(20,21)22. The van der Waals surface area contributed by atoms with Crippen LogP contribution in [0, 0.1) is 11.3 Å². The monoisotopic (exact) mass is 569 g/mol. The van der Waals surface area contributed by atoms with Gasteiger partial charge in [0.25, 0.3) is 5.41 Å². The minimum absolute atomic E-state index is 7.42. The van der Waals surface area contributed by atoms with Crippen LogP contribution in [0.2, 0.25) is 0 Å². The van der Waals surface area contributed by atoms with Crippen LogP contribution >= 0.6 is 0 Å². The average molecular weight is 569 g/mol. The van der Waals surface area contributed by atoms with Gasteiger partial charge in [-0.1, -0.05) is 0 Å². The first-order valence-corrected chi connectivity index (χ1v) is 6.85. The van der Waals surface area contributed by atoms with E-state index in [0.29, 0.717) is 0 Å². The zero-order chi connectivity index (χ0) is 28.6. The fourth-order valence-electron chi connectivity index (χ4n) is 2.55. The molecule has 34 heavy (non-hydrogen) atoms. The molecule has 0 aliphatic carbocycles. The molecular formula is C11F23. The van der Waals surface area contributed by atoms with Crippen LogP contribution in [0.5, 0.6) is 0 Å². The van der Waals surface area contributed by atoms with E-state index in [0.717, 1.165) is 0 Å². The predicted molar refractivity (Wildman–Crippen MR) is 55.7 cm³/mol. The van der Waals surface area contributed by atoms with Crippen LogP contribution in [-0.2, 0) is 0 Å². The molecule has 0 amide bonds. The van der Waals surface area contributed by atoms with E-state index in [1.807, 2.05) is 0 Å². The Hall–Kier alpha value is -1.61.